The normalized spacial score (nSPS) is 34.5. The number of ketones is 1. The van der Waals surface area contributed by atoms with Gasteiger partial charge in [-0.05, 0) is 80.7 Å². The quantitative estimate of drug-likeness (QED) is 0.142. The Kier molecular flexibility index (Phi) is 11.4. The van der Waals surface area contributed by atoms with Gasteiger partial charge in [0.25, 0.3) is 0 Å². The van der Waals surface area contributed by atoms with Gasteiger partial charge in [-0.1, -0.05) is 38.1 Å². The van der Waals surface area contributed by atoms with Crippen LogP contribution >= 0.6 is 11.3 Å². The zero-order valence-corrected chi connectivity index (χ0v) is 36.0. The highest BCUT2D eigenvalue weighted by atomic mass is 32.1. The molecule has 334 valence electrons. The second kappa shape index (κ2) is 16.1. The highest BCUT2D eigenvalue weighted by Crippen LogP contribution is 2.64. The topological polar surface area (TPSA) is 231 Å². The molecule has 0 radical (unpaired) electrons. The van der Waals surface area contributed by atoms with Crippen molar-refractivity contribution in [3.05, 3.63) is 69.4 Å². The molecule has 1 saturated heterocycles. The van der Waals surface area contributed by atoms with E-state index in [2.05, 4.69) is 5.32 Å². The molecule has 1 amide bonds. The number of Topliss-reactive ketones (excluding diaryl/α,β-unsaturated/α-hetero) is 1. The van der Waals surface area contributed by atoms with Gasteiger partial charge in [-0.25, -0.2) is 14.4 Å². The first-order valence-electron chi connectivity index (χ1n) is 21.2. The first kappa shape index (κ1) is 43.9. The van der Waals surface area contributed by atoms with E-state index >= 15 is 4.79 Å². The molecule has 6 aliphatic rings. The second-order valence-corrected chi connectivity index (χ2v) is 19.3. The van der Waals surface area contributed by atoms with Crippen molar-refractivity contribution in [3.8, 4) is 0 Å². The number of amides is 1. The molecule has 5 aliphatic carbocycles. The average Bonchev–Trinajstić information content (AvgIpc) is 3.93. The van der Waals surface area contributed by atoms with Crippen LogP contribution in [0.4, 0.5) is 4.79 Å². The number of carbonyl (C=O) groups excluding carboxylic acids is 6. The van der Waals surface area contributed by atoms with Crippen molar-refractivity contribution in [2.75, 3.05) is 6.61 Å². The van der Waals surface area contributed by atoms with Gasteiger partial charge in [0.15, 0.2) is 23.6 Å². The van der Waals surface area contributed by atoms with Gasteiger partial charge in [0.1, 0.15) is 36.1 Å². The SMILES string of the molecule is CC(=O)O[C@@]12CO[C@@H]1CC(O)[C@@]1(C)C(=O)C(OC(=O)C3CC3)C3=C(C)[C@@H](OC(=O)[C@H](O)[C@@H](NC(=O)OC4CCC4)c4cccs4)C[C@@](O)([C@@H](OC(=O)c4ccccc4)C12)C3(C)C. The first-order chi connectivity index (χ1) is 29.3. The predicted octanol–water partition coefficient (Wildman–Crippen LogP) is 4.04. The van der Waals surface area contributed by atoms with Crippen LogP contribution in [0.15, 0.2) is 59.0 Å². The molecule has 1 aliphatic heterocycles. The first-order valence-corrected chi connectivity index (χ1v) is 22.0. The lowest BCUT2D eigenvalue weighted by Gasteiger charge is -2.67. The van der Waals surface area contributed by atoms with Gasteiger partial charge in [0.2, 0.25) is 0 Å². The summed E-state index contributed by atoms with van der Waals surface area (Å²) in [4.78, 5) is 84.4. The van der Waals surface area contributed by atoms with E-state index in [0.717, 1.165) is 13.3 Å². The van der Waals surface area contributed by atoms with E-state index in [9.17, 15) is 39.3 Å². The summed E-state index contributed by atoms with van der Waals surface area (Å²) in [7, 11) is 0. The van der Waals surface area contributed by atoms with Gasteiger partial charge in [-0.3, -0.25) is 14.4 Å². The predicted molar refractivity (Wildman–Crippen MR) is 216 cm³/mol. The molecule has 62 heavy (non-hydrogen) atoms. The lowest BCUT2D eigenvalue weighted by atomic mass is 9.44. The molecule has 1 aromatic carbocycles. The molecule has 2 bridgehead atoms. The third-order valence-corrected chi connectivity index (χ3v) is 15.3. The summed E-state index contributed by atoms with van der Waals surface area (Å²) in [6.07, 6.45) is -8.17. The summed E-state index contributed by atoms with van der Waals surface area (Å²) in [6.45, 7) is 7.03. The van der Waals surface area contributed by atoms with Gasteiger partial charge >= 0.3 is 30.0 Å². The fourth-order valence-electron chi connectivity index (χ4n) is 10.3. The molecule has 17 heteroatoms. The molecule has 3 unspecified atom stereocenters. The summed E-state index contributed by atoms with van der Waals surface area (Å²) in [5.74, 6) is -6.45. The molecular formula is C45H53NO15S. The Labute approximate surface area is 362 Å². The minimum atomic E-state index is -2.37. The fourth-order valence-corrected chi connectivity index (χ4v) is 11.1. The van der Waals surface area contributed by atoms with Crippen LogP contribution in [0.3, 0.4) is 0 Å². The largest absolute Gasteiger partial charge is 0.456 e. The van der Waals surface area contributed by atoms with Crippen LogP contribution in [0.25, 0.3) is 0 Å². The molecular weight excluding hydrogens is 827 g/mol. The number of hydrogen-bond donors (Lipinski definition) is 4. The number of carbonyl (C=O) groups is 6. The summed E-state index contributed by atoms with van der Waals surface area (Å²) in [5.41, 5.74) is -7.49. The molecule has 5 fully saturated rings. The van der Waals surface area contributed by atoms with Gasteiger partial charge in [0.05, 0.1) is 35.5 Å². The van der Waals surface area contributed by atoms with Crippen LogP contribution in [0.1, 0.15) is 101 Å². The number of nitrogens with one attached hydrogen (secondary N) is 1. The van der Waals surface area contributed by atoms with Crippen LogP contribution in [0.5, 0.6) is 0 Å². The Bertz CT molecular complexity index is 2150. The Morgan fingerprint density at radius 1 is 0.952 bits per heavy atom. The number of thiophene rings is 1. The maximum Gasteiger partial charge on any atom is 0.408 e. The van der Waals surface area contributed by atoms with Crippen LogP contribution in [-0.2, 0) is 47.6 Å². The number of alkyl carbamates (subject to hydrolysis) is 1. The van der Waals surface area contributed by atoms with Gasteiger partial charge < -0.3 is 49.1 Å². The Morgan fingerprint density at radius 2 is 1.66 bits per heavy atom. The number of hydrogen-bond acceptors (Lipinski definition) is 16. The zero-order valence-electron chi connectivity index (χ0n) is 35.2. The van der Waals surface area contributed by atoms with Crippen molar-refractivity contribution >= 4 is 47.1 Å². The standard InChI is InChI=1S/C45H53NO15S/c1-22-27(58-40(53)33(49)32(28-15-10-18-62-28)46-41(54)57-26-13-9-14-26)20-45(55)37(60-39(52)24-11-7-6-8-12-24)35-43(5,29(48)19-30-44(35,21-56-30)61-23(2)47)36(50)34(31(22)42(45,3)4)59-38(51)25-16-17-25/h6-8,10-12,15,18,25-27,29-30,32-35,37,48-49,55H,9,13-14,16-17,19-21H2,1-5H3,(H,46,54)/t27-,29?,30+,32-,33+,34?,35?,37-,43+,44-,45+/m0/s1. The number of rotatable bonds is 11. The monoisotopic (exact) mass is 879 g/mol. The lowest BCUT2D eigenvalue weighted by Crippen LogP contribution is -2.82. The van der Waals surface area contributed by atoms with Crippen molar-refractivity contribution in [3.63, 3.8) is 0 Å². The molecule has 1 aromatic heterocycles. The Hall–Kier alpha value is -4.68. The highest BCUT2D eigenvalue weighted by molar-refractivity contribution is 7.10. The van der Waals surface area contributed by atoms with Crippen LogP contribution < -0.4 is 5.32 Å². The number of ether oxygens (including phenoxy) is 6. The molecule has 0 spiro atoms. The van der Waals surface area contributed by atoms with Gasteiger partial charge in [-0.2, -0.15) is 0 Å². The third kappa shape index (κ3) is 7.22. The van der Waals surface area contributed by atoms with E-state index in [4.69, 9.17) is 28.4 Å². The van der Waals surface area contributed by atoms with Crippen molar-refractivity contribution in [1.82, 2.24) is 5.32 Å². The van der Waals surface area contributed by atoms with E-state index < -0.39 is 119 Å². The number of benzene rings is 1. The molecule has 2 heterocycles. The number of esters is 4. The summed E-state index contributed by atoms with van der Waals surface area (Å²) in [5, 5.41) is 41.9. The van der Waals surface area contributed by atoms with Crippen LogP contribution in [0.2, 0.25) is 0 Å². The number of aliphatic hydroxyl groups excluding tert-OH is 2. The van der Waals surface area contributed by atoms with Gasteiger partial charge in [0, 0.05) is 30.1 Å². The van der Waals surface area contributed by atoms with Gasteiger partial charge in [-0.15, -0.1) is 11.3 Å². The maximum absolute atomic E-state index is 15.7. The van der Waals surface area contributed by atoms with Crippen LogP contribution in [0, 0.1) is 22.7 Å². The number of fused-ring (bicyclic) bond motifs is 5. The minimum Gasteiger partial charge on any atom is -0.456 e. The van der Waals surface area contributed by atoms with E-state index in [0.29, 0.717) is 30.6 Å². The Morgan fingerprint density at radius 3 is 2.24 bits per heavy atom. The molecule has 4 saturated carbocycles. The van der Waals surface area contributed by atoms with Crippen LogP contribution in [-0.4, -0.2) is 112 Å². The van der Waals surface area contributed by atoms with E-state index in [1.807, 2.05) is 0 Å². The third-order valence-electron chi connectivity index (χ3n) is 14.3. The van der Waals surface area contributed by atoms with E-state index in [-0.39, 0.29) is 35.8 Å². The summed E-state index contributed by atoms with van der Waals surface area (Å²) < 4.78 is 36.1. The van der Waals surface area contributed by atoms with Crippen molar-refractivity contribution < 1.29 is 72.5 Å². The fraction of sp³-hybridized carbons (Fsp3) is 0.600. The lowest BCUT2D eigenvalue weighted by molar-refractivity contribution is -0.346. The average molecular weight is 880 g/mol. The van der Waals surface area contributed by atoms with Crippen molar-refractivity contribution in [2.45, 2.75) is 140 Å². The Balaban J connectivity index is 1.27. The maximum atomic E-state index is 15.7. The molecule has 2 aromatic rings. The second-order valence-electron chi connectivity index (χ2n) is 18.3. The zero-order chi connectivity index (χ0) is 44.5. The summed E-state index contributed by atoms with van der Waals surface area (Å²) in [6, 6.07) is 9.88. The highest BCUT2D eigenvalue weighted by Gasteiger charge is 2.78. The smallest absolute Gasteiger partial charge is 0.408 e. The van der Waals surface area contributed by atoms with Crippen molar-refractivity contribution in [1.29, 1.82) is 0 Å². The molecule has 11 atom stereocenters. The van der Waals surface area contributed by atoms with E-state index in [1.165, 1.54) is 30.4 Å². The summed E-state index contributed by atoms with van der Waals surface area (Å²) >= 11 is 1.17. The molecule has 8 rings (SSSR count). The number of aliphatic hydroxyl groups is 3. The van der Waals surface area contributed by atoms with E-state index in [1.54, 1.807) is 56.5 Å². The molecule has 16 nitrogen and oxygen atoms in total. The molecule has 4 N–H and O–H groups in total. The minimum absolute atomic E-state index is 0.0377. The van der Waals surface area contributed by atoms with Crippen molar-refractivity contribution in [2.24, 2.45) is 22.7 Å².